The monoisotopic (exact) mass is 236 g/mol. The van der Waals surface area contributed by atoms with E-state index in [1.165, 1.54) is 0 Å². The molecule has 4 heteroatoms. The van der Waals surface area contributed by atoms with Crippen molar-refractivity contribution in [3.05, 3.63) is 23.0 Å². The molecule has 0 spiro atoms. The highest BCUT2D eigenvalue weighted by Gasteiger charge is 2.11. The third-order valence-electron chi connectivity index (χ3n) is 1.22. The van der Waals surface area contributed by atoms with Gasteiger partial charge >= 0.3 is 0 Å². The zero-order valence-corrected chi connectivity index (χ0v) is 10.7. The van der Waals surface area contributed by atoms with E-state index in [1.54, 1.807) is 27.0 Å². The normalized spacial score (nSPS) is 16.8. The summed E-state index contributed by atoms with van der Waals surface area (Å²) in [6.07, 6.45) is 4.77. The van der Waals surface area contributed by atoms with Crippen LogP contribution >= 0.6 is 21.6 Å². The Morgan fingerprint density at radius 3 is 2.54 bits per heavy atom. The lowest BCUT2D eigenvalue weighted by Crippen LogP contribution is -2.04. The predicted molar refractivity (Wildman–Crippen MR) is 67.0 cm³/mol. The molecule has 0 aromatic carbocycles. The molecule has 2 unspecified atom stereocenters. The first-order chi connectivity index (χ1) is 6.26. The van der Waals surface area contributed by atoms with Crippen molar-refractivity contribution < 1.29 is 4.21 Å². The van der Waals surface area contributed by atoms with Crippen LogP contribution in [-0.2, 0) is 10.8 Å². The van der Waals surface area contributed by atoms with Crippen molar-refractivity contribution in [2.24, 2.45) is 0 Å². The van der Waals surface area contributed by atoms with Crippen molar-refractivity contribution in [3.8, 4) is 0 Å². The summed E-state index contributed by atoms with van der Waals surface area (Å²) in [5, 5.41) is 3.78. The topological polar surface area (TPSA) is 17.1 Å². The zero-order chi connectivity index (χ0) is 10.1. The summed E-state index contributed by atoms with van der Waals surface area (Å²) in [5.74, 6) is 0. The van der Waals surface area contributed by atoms with E-state index in [0.717, 1.165) is 6.42 Å². The molecular formula is C9H16OS3. The van der Waals surface area contributed by atoms with Gasteiger partial charge in [0.15, 0.2) is 0 Å². The van der Waals surface area contributed by atoms with E-state index in [1.807, 2.05) is 31.4 Å². The smallest absolute Gasteiger partial charge is 0.0945 e. The summed E-state index contributed by atoms with van der Waals surface area (Å²) in [4.78, 5) is 0. The van der Waals surface area contributed by atoms with Crippen LogP contribution in [0.3, 0.4) is 0 Å². The van der Waals surface area contributed by atoms with E-state index in [2.05, 4.69) is 6.92 Å². The van der Waals surface area contributed by atoms with E-state index in [0.29, 0.717) is 0 Å². The average molecular weight is 236 g/mol. The highest BCUT2D eigenvalue weighted by molar-refractivity contribution is 8.79. The molecule has 13 heavy (non-hydrogen) atoms. The standard InChI is InChI=1S/C9H16OS3/c1-4-7-11-12-9(6-3)13(10)8-5-2/h4-5,7-9H,6H2,1-3H3/b7-4+,8-5?. The Kier molecular flexibility index (Phi) is 9.13. The Labute approximate surface area is 91.3 Å². The van der Waals surface area contributed by atoms with Gasteiger partial charge in [-0.3, -0.25) is 4.21 Å². The fourth-order valence-corrected chi connectivity index (χ4v) is 4.76. The maximum Gasteiger partial charge on any atom is 0.0945 e. The highest BCUT2D eigenvalue weighted by atomic mass is 33.1. The summed E-state index contributed by atoms with van der Waals surface area (Å²) in [7, 11) is 2.49. The summed E-state index contributed by atoms with van der Waals surface area (Å²) in [6, 6.07) is 0. The van der Waals surface area contributed by atoms with Crippen molar-refractivity contribution in [1.29, 1.82) is 0 Å². The second-order valence-electron chi connectivity index (χ2n) is 2.30. The molecule has 2 atom stereocenters. The van der Waals surface area contributed by atoms with Gasteiger partial charge in [-0.05, 0) is 31.1 Å². The third-order valence-corrected chi connectivity index (χ3v) is 6.24. The summed E-state index contributed by atoms with van der Waals surface area (Å²) in [5.41, 5.74) is 0. The minimum atomic E-state index is -0.834. The minimum Gasteiger partial charge on any atom is -0.254 e. The SMILES string of the molecule is CC=CS(=O)C(CC)SS/C=C/C. The van der Waals surface area contributed by atoms with Crippen LogP contribution in [0.2, 0.25) is 0 Å². The molecule has 0 aromatic heterocycles. The van der Waals surface area contributed by atoms with Crippen molar-refractivity contribution in [2.45, 2.75) is 31.8 Å². The molecule has 0 N–H and O–H groups in total. The minimum absolute atomic E-state index is 0.206. The Morgan fingerprint density at radius 2 is 2.08 bits per heavy atom. The molecule has 0 aliphatic carbocycles. The van der Waals surface area contributed by atoms with Crippen LogP contribution in [0.1, 0.15) is 27.2 Å². The van der Waals surface area contributed by atoms with Gasteiger partial charge in [0.25, 0.3) is 0 Å². The average Bonchev–Trinajstić information content (AvgIpc) is 2.13. The third kappa shape index (κ3) is 6.41. The molecule has 0 saturated heterocycles. The number of allylic oxidation sites excluding steroid dienone is 2. The van der Waals surface area contributed by atoms with Crippen LogP contribution in [0.15, 0.2) is 23.0 Å². The Hall–Kier alpha value is 0.330. The molecule has 0 aromatic rings. The van der Waals surface area contributed by atoms with Gasteiger partial charge in [0.2, 0.25) is 0 Å². The van der Waals surface area contributed by atoms with Gasteiger partial charge in [-0.1, -0.05) is 40.7 Å². The molecule has 0 amide bonds. The lowest BCUT2D eigenvalue weighted by molar-refractivity contribution is 0.685. The Bertz CT molecular complexity index is 199. The second-order valence-corrected chi connectivity index (χ2v) is 6.48. The molecule has 0 heterocycles. The van der Waals surface area contributed by atoms with E-state index in [4.69, 9.17) is 0 Å². The number of hydrogen-bond acceptors (Lipinski definition) is 3. The van der Waals surface area contributed by atoms with Crippen LogP contribution in [-0.4, -0.2) is 8.79 Å². The molecule has 76 valence electrons. The van der Waals surface area contributed by atoms with Gasteiger partial charge in [-0.25, -0.2) is 0 Å². The molecule has 0 radical (unpaired) electrons. The van der Waals surface area contributed by atoms with Gasteiger partial charge in [-0.15, -0.1) is 0 Å². The van der Waals surface area contributed by atoms with Gasteiger partial charge in [0, 0.05) is 0 Å². The molecule has 1 nitrogen and oxygen atoms in total. The van der Waals surface area contributed by atoms with E-state index in [-0.39, 0.29) is 4.58 Å². The van der Waals surface area contributed by atoms with Crippen LogP contribution in [0.25, 0.3) is 0 Å². The summed E-state index contributed by atoms with van der Waals surface area (Å²) < 4.78 is 11.7. The molecule has 0 aliphatic heterocycles. The van der Waals surface area contributed by atoms with E-state index >= 15 is 0 Å². The largest absolute Gasteiger partial charge is 0.254 e. The van der Waals surface area contributed by atoms with Crippen molar-refractivity contribution in [2.75, 3.05) is 0 Å². The van der Waals surface area contributed by atoms with Crippen LogP contribution in [0.4, 0.5) is 0 Å². The first-order valence-electron chi connectivity index (χ1n) is 4.21. The second kappa shape index (κ2) is 8.91. The molecule has 0 aliphatic rings. The Morgan fingerprint density at radius 1 is 1.38 bits per heavy atom. The first kappa shape index (κ1) is 13.3. The van der Waals surface area contributed by atoms with Gasteiger partial charge in [-0.2, -0.15) is 0 Å². The fourth-order valence-electron chi connectivity index (χ4n) is 0.642. The molecular weight excluding hydrogens is 220 g/mol. The lowest BCUT2D eigenvalue weighted by Gasteiger charge is -2.08. The van der Waals surface area contributed by atoms with Crippen molar-refractivity contribution in [3.63, 3.8) is 0 Å². The zero-order valence-electron chi connectivity index (χ0n) is 8.23. The molecule has 0 fully saturated rings. The quantitative estimate of drug-likeness (QED) is 0.651. The van der Waals surface area contributed by atoms with Gasteiger partial charge in [0.1, 0.15) is 0 Å². The van der Waals surface area contributed by atoms with E-state index < -0.39 is 10.8 Å². The lowest BCUT2D eigenvalue weighted by atomic mass is 10.6. The van der Waals surface area contributed by atoms with Crippen molar-refractivity contribution >= 4 is 32.4 Å². The van der Waals surface area contributed by atoms with Crippen LogP contribution in [0.5, 0.6) is 0 Å². The van der Waals surface area contributed by atoms with E-state index in [9.17, 15) is 4.21 Å². The fraction of sp³-hybridized carbons (Fsp3) is 0.556. The highest BCUT2D eigenvalue weighted by Crippen LogP contribution is 2.31. The predicted octanol–water partition coefficient (Wildman–Crippen LogP) is 3.92. The summed E-state index contributed by atoms with van der Waals surface area (Å²) in [6.45, 7) is 5.95. The number of hydrogen-bond donors (Lipinski definition) is 0. The van der Waals surface area contributed by atoms with Gasteiger partial charge < -0.3 is 0 Å². The molecule has 0 bridgehead atoms. The summed E-state index contributed by atoms with van der Waals surface area (Å²) >= 11 is 0. The maximum absolute atomic E-state index is 11.5. The van der Waals surface area contributed by atoms with Crippen LogP contribution in [0, 0.1) is 0 Å². The Balaban J connectivity index is 3.94. The first-order valence-corrected chi connectivity index (χ1v) is 7.77. The molecule has 0 rings (SSSR count). The van der Waals surface area contributed by atoms with Crippen molar-refractivity contribution in [1.82, 2.24) is 0 Å². The van der Waals surface area contributed by atoms with Gasteiger partial charge in [0.05, 0.1) is 15.4 Å². The maximum atomic E-state index is 11.5. The molecule has 0 saturated carbocycles. The number of rotatable bonds is 6. The van der Waals surface area contributed by atoms with Crippen LogP contribution < -0.4 is 0 Å².